The molecule has 1 heterocycles. The normalized spacial score (nSPS) is 19.1. The summed E-state index contributed by atoms with van der Waals surface area (Å²) in [6.07, 6.45) is -1.15. The lowest BCUT2D eigenvalue weighted by atomic mass is 10.2. The van der Waals surface area contributed by atoms with Crippen molar-refractivity contribution in [1.82, 2.24) is 10.4 Å². The number of amides is 2. The predicted molar refractivity (Wildman–Crippen MR) is 55.7 cm³/mol. The summed E-state index contributed by atoms with van der Waals surface area (Å²) in [4.78, 5) is 33.8. The third kappa shape index (κ3) is 2.78. The first-order valence-electron chi connectivity index (χ1n) is 4.48. The van der Waals surface area contributed by atoms with E-state index in [4.69, 9.17) is 0 Å². The van der Waals surface area contributed by atoms with E-state index in [-0.39, 0.29) is 5.12 Å². The molecule has 0 spiro atoms. The summed E-state index contributed by atoms with van der Waals surface area (Å²) >= 11 is 1.12. The van der Waals surface area contributed by atoms with Crippen LogP contribution >= 0.6 is 11.8 Å². The molecule has 1 fully saturated rings. The van der Waals surface area contributed by atoms with Gasteiger partial charge in [-0.05, 0) is 6.42 Å². The Morgan fingerprint density at radius 1 is 1.44 bits per heavy atom. The molecule has 16 heavy (non-hydrogen) atoms. The highest BCUT2D eigenvalue weighted by Gasteiger charge is 2.36. The van der Waals surface area contributed by atoms with Crippen molar-refractivity contribution in [2.24, 2.45) is 0 Å². The number of carbonyl (C=O) groups is 3. The van der Waals surface area contributed by atoms with Crippen LogP contribution in [0.3, 0.4) is 0 Å². The van der Waals surface area contributed by atoms with Crippen LogP contribution in [0.4, 0.5) is 9.59 Å². The zero-order chi connectivity index (χ0) is 12.1. The lowest BCUT2D eigenvalue weighted by molar-refractivity contribution is -0.115. The standard InChI is InChI=1S/C8H12N2O5S/c1-14-7(12)9-10(8(13)15-2)5-3-4-16-6(5)11/h5H,3-4H2,1-2H3,(H,9,12). The molecule has 0 aromatic heterocycles. The van der Waals surface area contributed by atoms with Gasteiger partial charge in [0, 0.05) is 5.75 Å². The number of nitrogens with one attached hydrogen (secondary N) is 1. The first-order valence-corrected chi connectivity index (χ1v) is 5.47. The number of hydrazine groups is 1. The smallest absolute Gasteiger partial charge is 0.429 e. The number of methoxy groups -OCH3 is 2. The molecule has 7 nitrogen and oxygen atoms in total. The van der Waals surface area contributed by atoms with E-state index >= 15 is 0 Å². The molecule has 0 aromatic carbocycles. The Kier molecular flexibility index (Phi) is 4.41. The Labute approximate surface area is 96.4 Å². The van der Waals surface area contributed by atoms with Crippen molar-refractivity contribution in [3.63, 3.8) is 0 Å². The second kappa shape index (κ2) is 5.59. The van der Waals surface area contributed by atoms with Gasteiger partial charge in [0.2, 0.25) is 5.12 Å². The van der Waals surface area contributed by atoms with Gasteiger partial charge in [-0.1, -0.05) is 11.8 Å². The largest absolute Gasteiger partial charge is 0.452 e. The molecule has 1 N–H and O–H groups in total. The lowest BCUT2D eigenvalue weighted by Gasteiger charge is -2.25. The fraction of sp³-hybridized carbons (Fsp3) is 0.625. The van der Waals surface area contributed by atoms with Crippen molar-refractivity contribution < 1.29 is 23.9 Å². The van der Waals surface area contributed by atoms with Crippen LogP contribution in [0.2, 0.25) is 0 Å². The van der Waals surface area contributed by atoms with Crippen LogP contribution in [-0.2, 0) is 14.3 Å². The Morgan fingerprint density at radius 3 is 2.56 bits per heavy atom. The molecule has 0 aromatic rings. The van der Waals surface area contributed by atoms with Gasteiger partial charge >= 0.3 is 12.2 Å². The number of thioether (sulfide) groups is 1. The van der Waals surface area contributed by atoms with Crippen molar-refractivity contribution in [3.8, 4) is 0 Å². The third-order valence-electron chi connectivity index (χ3n) is 1.99. The van der Waals surface area contributed by atoms with E-state index in [2.05, 4.69) is 14.9 Å². The second-order valence-electron chi connectivity index (χ2n) is 2.92. The van der Waals surface area contributed by atoms with E-state index in [1.54, 1.807) is 0 Å². The van der Waals surface area contributed by atoms with Gasteiger partial charge in [-0.2, -0.15) is 0 Å². The molecular weight excluding hydrogens is 236 g/mol. The minimum absolute atomic E-state index is 0.179. The summed E-state index contributed by atoms with van der Waals surface area (Å²) in [6.45, 7) is 0. The molecule has 1 unspecified atom stereocenters. The monoisotopic (exact) mass is 248 g/mol. The highest BCUT2D eigenvalue weighted by Crippen LogP contribution is 2.23. The minimum atomic E-state index is -0.824. The van der Waals surface area contributed by atoms with Gasteiger partial charge in [-0.25, -0.2) is 20.0 Å². The molecule has 1 rings (SSSR count). The first kappa shape index (κ1) is 12.6. The van der Waals surface area contributed by atoms with Crippen molar-refractivity contribution in [1.29, 1.82) is 0 Å². The van der Waals surface area contributed by atoms with Gasteiger partial charge in [-0.15, -0.1) is 0 Å². The van der Waals surface area contributed by atoms with Gasteiger partial charge < -0.3 is 9.47 Å². The van der Waals surface area contributed by atoms with Crippen molar-refractivity contribution in [3.05, 3.63) is 0 Å². The van der Waals surface area contributed by atoms with Crippen LogP contribution in [0, 0.1) is 0 Å². The quantitative estimate of drug-likeness (QED) is 0.674. The molecular formula is C8H12N2O5S. The third-order valence-corrected chi connectivity index (χ3v) is 2.98. The summed E-state index contributed by atoms with van der Waals surface area (Å²) in [7, 11) is 2.33. The molecule has 1 aliphatic heterocycles. The molecule has 8 heteroatoms. The zero-order valence-corrected chi connectivity index (χ0v) is 9.70. The number of carbonyl (C=O) groups excluding carboxylic acids is 3. The maximum Gasteiger partial charge on any atom is 0.429 e. The number of nitrogens with zero attached hydrogens (tertiary/aromatic N) is 1. The van der Waals surface area contributed by atoms with Crippen LogP contribution in [-0.4, -0.2) is 48.3 Å². The SMILES string of the molecule is COC(=O)NN(C(=O)OC)C1CCSC1=O. The highest BCUT2D eigenvalue weighted by atomic mass is 32.2. The van der Waals surface area contributed by atoms with Crippen LogP contribution in [0.15, 0.2) is 0 Å². The van der Waals surface area contributed by atoms with Gasteiger partial charge in [0.15, 0.2) is 0 Å². The Hall–Kier alpha value is -1.44. The van der Waals surface area contributed by atoms with Crippen molar-refractivity contribution in [2.75, 3.05) is 20.0 Å². The average molecular weight is 248 g/mol. The average Bonchev–Trinajstić information content (AvgIpc) is 2.70. The number of ether oxygens (including phenoxy) is 2. The first-order chi connectivity index (χ1) is 7.60. The topological polar surface area (TPSA) is 84.9 Å². The van der Waals surface area contributed by atoms with E-state index in [0.29, 0.717) is 12.2 Å². The Morgan fingerprint density at radius 2 is 2.12 bits per heavy atom. The maximum absolute atomic E-state index is 11.4. The minimum Gasteiger partial charge on any atom is -0.452 e. The molecule has 0 bridgehead atoms. The fourth-order valence-corrected chi connectivity index (χ4v) is 2.17. The van der Waals surface area contributed by atoms with Gasteiger partial charge in [0.25, 0.3) is 0 Å². The summed E-state index contributed by atoms with van der Waals surface area (Å²) in [5, 5.41) is 0.676. The Bertz CT molecular complexity index is 309. The summed E-state index contributed by atoms with van der Waals surface area (Å²) < 4.78 is 8.83. The zero-order valence-electron chi connectivity index (χ0n) is 8.89. The van der Waals surface area contributed by atoms with E-state index < -0.39 is 18.2 Å². The van der Waals surface area contributed by atoms with E-state index in [9.17, 15) is 14.4 Å². The van der Waals surface area contributed by atoms with Gasteiger partial charge in [0.05, 0.1) is 14.2 Å². The highest BCUT2D eigenvalue weighted by molar-refractivity contribution is 8.14. The van der Waals surface area contributed by atoms with Crippen LogP contribution in [0.1, 0.15) is 6.42 Å². The molecule has 2 amide bonds. The summed E-state index contributed by atoms with van der Waals surface area (Å²) in [5.74, 6) is 0.611. The number of hydrogen-bond acceptors (Lipinski definition) is 6. The van der Waals surface area contributed by atoms with E-state index in [1.165, 1.54) is 7.11 Å². The van der Waals surface area contributed by atoms with Crippen molar-refractivity contribution >= 4 is 29.1 Å². The van der Waals surface area contributed by atoms with Gasteiger partial charge in [0.1, 0.15) is 6.04 Å². The number of rotatable bonds is 1. The second-order valence-corrected chi connectivity index (χ2v) is 4.01. The van der Waals surface area contributed by atoms with Gasteiger partial charge in [-0.3, -0.25) is 4.79 Å². The lowest BCUT2D eigenvalue weighted by Crippen LogP contribution is -2.53. The number of hydrogen-bond donors (Lipinski definition) is 1. The summed E-state index contributed by atoms with van der Waals surface area (Å²) in [6, 6.07) is -0.698. The predicted octanol–water partition coefficient (Wildman–Crippen LogP) is 0.358. The molecule has 0 saturated carbocycles. The van der Waals surface area contributed by atoms with Crippen LogP contribution in [0.5, 0.6) is 0 Å². The summed E-state index contributed by atoms with van der Waals surface area (Å²) in [5.41, 5.74) is 2.15. The van der Waals surface area contributed by atoms with E-state index in [1.807, 2.05) is 0 Å². The van der Waals surface area contributed by atoms with Crippen LogP contribution < -0.4 is 5.43 Å². The fourth-order valence-electron chi connectivity index (χ4n) is 1.21. The molecule has 1 saturated heterocycles. The maximum atomic E-state index is 11.4. The van der Waals surface area contributed by atoms with Crippen LogP contribution in [0.25, 0.3) is 0 Å². The van der Waals surface area contributed by atoms with Crippen molar-refractivity contribution in [2.45, 2.75) is 12.5 Å². The molecule has 0 aliphatic carbocycles. The molecule has 1 atom stereocenters. The molecule has 90 valence electrons. The molecule has 1 aliphatic rings. The molecule has 0 radical (unpaired) electrons. The van der Waals surface area contributed by atoms with E-state index in [0.717, 1.165) is 23.9 Å². The Balaban J connectivity index is 2.74.